The van der Waals surface area contributed by atoms with E-state index in [9.17, 15) is 4.79 Å². The quantitative estimate of drug-likeness (QED) is 0.894. The number of carbonyl (C=O) groups is 1. The molecule has 0 bridgehead atoms. The van der Waals surface area contributed by atoms with Crippen LogP contribution < -0.4 is 15.4 Å². The number of anilines is 1. The lowest BCUT2D eigenvalue weighted by Gasteiger charge is -2.23. The summed E-state index contributed by atoms with van der Waals surface area (Å²) in [6, 6.07) is 5.66. The predicted molar refractivity (Wildman–Crippen MR) is 82.8 cm³/mol. The highest BCUT2D eigenvalue weighted by molar-refractivity contribution is 5.86. The first-order valence-electron chi connectivity index (χ1n) is 7.17. The van der Waals surface area contributed by atoms with Crippen molar-refractivity contribution in [2.45, 2.75) is 44.8 Å². The van der Waals surface area contributed by atoms with E-state index in [4.69, 9.17) is 9.47 Å². The van der Waals surface area contributed by atoms with Crippen LogP contribution >= 0.6 is 0 Å². The molecule has 1 aliphatic carbocycles. The maximum Gasteiger partial charge on any atom is 0.412 e. The van der Waals surface area contributed by atoms with Gasteiger partial charge in [-0.1, -0.05) is 0 Å². The van der Waals surface area contributed by atoms with E-state index in [1.54, 1.807) is 7.11 Å². The van der Waals surface area contributed by atoms with Gasteiger partial charge in [0.15, 0.2) is 0 Å². The van der Waals surface area contributed by atoms with Gasteiger partial charge < -0.3 is 14.8 Å². The molecule has 5 nitrogen and oxygen atoms in total. The van der Waals surface area contributed by atoms with Crippen molar-refractivity contribution < 1.29 is 14.3 Å². The Kier molecular flexibility index (Phi) is 4.14. The number of hydrogen-bond acceptors (Lipinski definition) is 4. The molecule has 0 radical (unpaired) electrons. The van der Waals surface area contributed by atoms with E-state index in [1.165, 1.54) is 0 Å². The zero-order chi connectivity index (χ0) is 15.7. The zero-order valence-electron chi connectivity index (χ0n) is 13.4. The molecule has 1 aliphatic rings. The Hall–Kier alpha value is -1.75. The summed E-state index contributed by atoms with van der Waals surface area (Å²) in [4.78, 5) is 12.0. The third kappa shape index (κ3) is 3.67. The van der Waals surface area contributed by atoms with Crippen molar-refractivity contribution in [3.63, 3.8) is 0 Å². The number of ether oxygens (including phenoxy) is 2. The van der Waals surface area contributed by atoms with Gasteiger partial charge >= 0.3 is 6.09 Å². The highest BCUT2D eigenvalue weighted by atomic mass is 16.6. The fourth-order valence-corrected chi connectivity index (χ4v) is 2.35. The molecule has 1 aromatic rings. The van der Waals surface area contributed by atoms with Gasteiger partial charge in [0.1, 0.15) is 11.4 Å². The number of methoxy groups -OCH3 is 1. The molecule has 5 heteroatoms. The van der Waals surface area contributed by atoms with Crippen molar-refractivity contribution in [2.75, 3.05) is 19.5 Å². The molecule has 0 atom stereocenters. The molecule has 0 spiro atoms. The molecule has 0 heterocycles. The molecule has 0 unspecified atom stereocenters. The number of benzene rings is 1. The molecular formula is C16H24N2O3. The summed E-state index contributed by atoms with van der Waals surface area (Å²) in [6.07, 6.45) is 1.64. The molecule has 1 fully saturated rings. The van der Waals surface area contributed by atoms with Crippen molar-refractivity contribution in [2.24, 2.45) is 0 Å². The molecule has 21 heavy (non-hydrogen) atoms. The molecule has 2 N–H and O–H groups in total. The van der Waals surface area contributed by atoms with Gasteiger partial charge in [0.25, 0.3) is 0 Å². The average molecular weight is 292 g/mol. The lowest BCUT2D eigenvalue weighted by Crippen LogP contribution is -2.30. The van der Waals surface area contributed by atoms with E-state index in [2.05, 4.69) is 10.6 Å². The van der Waals surface area contributed by atoms with E-state index < -0.39 is 11.7 Å². The van der Waals surface area contributed by atoms with E-state index in [0.717, 1.165) is 29.8 Å². The van der Waals surface area contributed by atoms with Crippen LogP contribution in [-0.2, 0) is 10.3 Å². The van der Waals surface area contributed by atoms with Crippen LogP contribution in [0.4, 0.5) is 10.5 Å². The summed E-state index contributed by atoms with van der Waals surface area (Å²) in [5.41, 5.74) is 1.21. The monoisotopic (exact) mass is 292 g/mol. The molecule has 2 rings (SSSR count). The third-order valence-electron chi connectivity index (χ3n) is 3.61. The fourth-order valence-electron chi connectivity index (χ4n) is 2.35. The van der Waals surface area contributed by atoms with Crippen LogP contribution in [0.2, 0.25) is 0 Å². The van der Waals surface area contributed by atoms with Gasteiger partial charge in [0, 0.05) is 11.2 Å². The van der Waals surface area contributed by atoms with E-state index in [1.807, 2.05) is 46.0 Å². The second-order valence-corrected chi connectivity index (χ2v) is 6.37. The number of hydrogen-bond donors (Lipinski definition) is 2. The van der Waals surface area contributed by atoms with Gasteiger partial charge in [-0.25, -0.2) is 4.79 Å². The fraction of sp³-hybridized carbons (Fsp3) is 0.562. The van der Waals surface area contributed by atoms with E-state index >= 15 is 0 Å². The van der Waals surface area contributed by atoms with Crippen LogP contribution in [0.3, 0.4) is 0 Å². The van der Waals surface area contributed by atoms with Crippen LogP contribution in [0, 0.1) is 0 Å². The second-order valence-electron chi connectivity index (χ2n) is 6.37. The average Bonchev–Trinajstić information content (AvgIpc) is 3.18. The molecular weight excluding hydrogens is 268 g/mol. The summed E-state index contributed by atoms with van der Waals surface area (Å²) in [6.45, 7) is 5.53. The van der Waals surface area contributed by atoms with Crippen LogP contribution in [0.1, 0.15) is 39.2 Å². The first kappa shape index (κ1) is 15.6. The minimum absolute atomic E-state index is 0.0705. The van der Waals surface area contributed by atoms with Crippen molar-refractivity contribution >= 4 is 11.8 Å². The Morgan fingerprint density at radius 1 is 1.29 bits per heavy atom. The smallest absolute Gasteiger partial charge is 0.412 e. The summed E-state index contributed by atoms with van der Waals surface area (Å²) < 4.78 is 10.6. The van der Waals surface area contributed by atoms with Crippen molar-refractivity contribution in [3.8, 4) is 5.75 Å². The van der Waals surface area contributed by atoms with Gasteiger partial charge in [-0.05, 0) is 64.4 Å². The summed E-state index contributed by atoms with van der Waals surface area (Å²) in [7, 11) is 3.57. The lowest BCUT2D eigenvalue weighted by atomic mass is 10.0. The van der Waals surface area contributed by atoms with Crippen molar-refractivity contribution in [1.82, 2.24) is 5.32 Å². The molecule has 1 amide bonds. The van der Waals surface area contributed by atoms with Crippen molar-refractivity contribution in [3.05, 3.63) is 23.8 Å². The van der Waals surface area contributed by atoms with Gasteiger partial charge in [-0.15, -0.1) is 0 Å². The molecule has 0 aliphatic heterocycles. The first-order valence-corrected chi connectivity index (χ1v) is 7.17. The minimum atomic E-state index is -0.517. The van der Waals surface area contributed by atoms with E-state index in [-0.39, 0.29) is 5.54 Å². The van der Waals surface area contributed by atoms with Crippen LogP contribution in [-0.4, -0.2) is 25.9 Å². The summed E-state index contributed by atoms with van der Waals surface area (Å²) in [5.74, 6) is 0.779. The van der Waals surface area contributed by atoms with Gasteiger partial charge in [0.05, 0.1) is 7.11 Å². The maximum atomic E-state index is 12.0. The zero-order valence-corrected chi connectivity index (χ0v) is 13.4. The van der Waals surface area contributed by atoms with Crippen LogP contribution in [0.5, 0.6) is 5.75 Å². The number of carbonyl (C=O) groups excluding carboxylic acids is 1. The molecule has 0 aromatic heterocycles. The topological polar surface area (TPSA) is 59.6 Å². The maximum absolute atomic E-state index is 12.0. The van der Waals surface area contributed by atoms with Crippen LogP contribution in [0.25, 0.3) is 0 Å². The Morgan fingerprint density at radius 3 is 2.43 bits per heavy atom. The number of rotatable bonds is 4. The van der Waals surface area contributed by atoms with Gasteiger partial charge in [-0.3, -0.25) is 5.32 Å². The molecule has 0 saturated heterocycles. The number of amides is 1. The lowest BCUT2D eigenvalue weighted by molar-refractivity contribution is 0.0635. The van der Waals surface area contributed by atoms with E-state index in [0.29, 0.717) is 0 Å². The Balaban J connectivity index is 2.25. The summed E-state index contributed by atoms with van der Waals surface area (Å²) in [5, 5.41) is 6.18. The molecule has 1 saturated carbocycles. The van der Waals surface area contributed by atoms with Crippen molar-refractivity contribution in [1.29, 1.82) is 0 Å². The summed E-state index contributed by atoms with van der Waals surface area (Å²) >= 11 is 0. The Labute approximate surface area is 126 Å². The van der Waals surface area contributed by atoms with Gasteiger partial charge in [-0.2, -0.15) is 0 Å². The largest absolute Gasteiger partial charge is 0.497 e. The van der Waals surface area contributed by atoms with Crippen LogP contribution in [0.15, 0.2) is 18.2 Å². The first-order chi connectivity index (χ1) is 9.79. The minimum Gasteiger partial charge on any atom is -0.497 e. The second kappa shape index (κ2) is 5.56. The molecule has 116 valence electrons. The Bertz CT molecular complexity index is 531. The highest BCUT2D eigenvalue weighted by Gasteiger charge is 2.44. The standard InChI is InChI=1S/C16H24N2O3/c1-15(2,3)21-14(19)18-13-7-6-11(20-5)10-12(13)16(17-4)8-9-16/h6-7,10,17H,8-9H2,1-5H3,(H,18,19). The normalized spacial score (nSPS) is 16.2. The van der Waals surface area contributed by atoms with Gasteiger partial charge in [0.2, 0.25) is 0 Å². The molecule has 1 aromatic carbocycles. The SMILES string of the molecule is CNC1(c2cc(OC)ccc2NC(=O)OC(C)(C)C)CC1. The number of nitrogens with one attached hydrogen (secondary N) is 2. The third-order valence-corrected chi connectivity index (χ3v) is 3.61. The highest BCUT2D eigenvalue weighted by Crippen LogP contribution is 2.48. The Morgan fingerprint density at radius 2 is 1.95 bits per heavy atom. The predicted octanol–water partition coefficient (Wildman–Crippen LogP) is 3.25.